The lowest BCUT2D eigenvalue weighted by Gasteiger charge is -2.35. The molecule has 0 saturated carbocycles. The average molecular weight is 440 g/mol. The number of rotatable bonds is 7. The fourth-order valence-electron chi connectivity index (χ4n) is 3.91. The molecule has 1 aliphatic rings. The Balaban J connectivity index is 1.74. The summed E-state index contributed by atoms with van der Waals surface area (Å²) in [7, 11) is 1.37. The second-order valence-corrected chi connectivity index (χ2v) is 9.23. The molecule has 32 heavy (non-hydrogen) atoms. The summed E-state index contributed by atoms with van der Waals surface area (Å²) < 4.78 is 16.4. The molecule has 2 aromatic rings. The zero-order valence-electron chi connectivity index (χ0n) is 19.4. The predicted octanol–water partition coefficient (Wildman–Crippen LogP) is 5.00. The van der Waals surface area contributed by atoms with Crippen LogP contribution in [0.5, 0.6) is 5.75 Å². The summed E-state index contributed by atoms with van der Waals surface area (Å²) in [4.78, 5) is 26.8. The highest BCUT2D eigenvalue weighted by Crippen LogP contribution is 2.30. The third-order valence-corrected chi connectivity index (χ3v) is 5.32. The molecule has 2 aromatic carbocycles. The fourth-order valence-corrected chi connectivity index (χ4v) is 3.91. The van der Waals surface area contributed by atoms with E-state index in [1.54, 1.807) is 6.07 Å². The predicted molar refractivity (Wildman–Crippen MR) is 124 cm³/mol. The summed E-state index contributed by atoms with van der Waals surface area (Å²) in [6, 6.07) is 15.4. The Morgan fingerprint density at radius 2 is 1.84 bits per heavy atom. The van der Waals surface area contributed by atoms with E-state index in [2.05, 4.69) is 4.90 Å². The number of hydrogen-bond donors (Lipinski definition) is 0. The molecule has 0 amide bonds. The number of hydrogen-bond acceptors (Lipinski definition) is 6. The van der Waals surface area contributed by atoms with Crippen LogP contribution in [-0.2, 0) is 20.9 Å². The summed E-state index contributed by atoms with van der Waals surface area (Å²) in [6.07, 6.45) is 2.34. The van der Waals surface area contributed by atoms with Crippen molar-refractivity contribution in [1.82, 2.24) is 0 Å². The van der Waals surface area contributed by atoms with E-state index in [1.807, 2.05) is 63.2 Å². The molecule has 1 fully saturated rings. The van der Waals surface area contributed by atoms with Crippen molar-refractivity contribution in [2.75, 3.05) is 25.1 Å². The van der Waals surface area contributed by atoms with Crippen LogP contribution in [0.4, 0.5) is 5.69 Å². The van der Waals surface area contributed by atoms with Gasteiger partial charge in [-0.1, -0.05) is 30.3 Å². The van der Waals surface area contributed by atoms with Gasteiger partial charge in [0.15, 0.2) is 0 Å². The van der Waals surface area contributed by atoms with Crippen molar-refractivity contribution >= 4 is 17.6 Å². The van der Waals surface area contributed by atoms with E-state index in [0.29, 0.717) is 24.3 Å². The van der Waals surface area contributed by atoms with Gasteiger partial charge in [0.1, 0.15) is 18.0 Å². The minimum atomic E-state index is -0.481. The zero-order chi connectivity index (χ0) is 23.1. The monoisotopic (exact) mass is 439 g/mol. The highest BCUT2D eigenvalue weighted by atomic mass is 16.6. The molecule has 0 spiro atoms. The van der Waals surface area contributed by atoms with Crippen LogP contribution in [0.25, 0.3) is 0 Å². The minimum Gasteiger partial charge on any atom is -0.489 e. The number of anilines is 1. The number of piperidine rings is 1. The third kappa shape index (κ3) is 7.01. The van der Waals surface area contributed by atoms with Gasteiger partial charge in [-0.05, 0) is 57.2 Å². The van der Waals surface area contributed by atoms with Crippen LogP contribution in [0.3, 0.4) is 0 Å². The van der Waals surface area contributed by atoms with Gasteiger partial charge in [-0.25, -0.2) is 4.79 Å². The van der Waals surface area contributed by atoms with Crippen LogP contribution in [0.15, 0.2) is 48.5 Å². The third-order valence-electron chi connectivity index (χ3n) is 5.32. The molecule has 1 saturated heterocycles. The van der Waals surface area contributed by atoms with Crippen LogP contribution in [0.1, 0.15) is 56.0 Å². The summed E-state index contributed by atoms with van der Waals surface area (Å²) in [5, 5.41) is 0. The molecule has 1 aliphatic heterocycles. The molecule has 172 valence electrons. The van der Waals surface area contributed by atoms with E-state index < -0.39 is 11.6 Å². The van der Waals surface area contributed by atoms with E-state index in [0.717, 1.165) is 37.2 Å². The molecule has 6 heteroatoms. The molecule has 1 heterocycles. The van der Waals surface area contributed by atoms with Crippen LogP contribution >= 0.6 is 0 Å². The second-order valence-electron chi connectivity index (χ2n) is 9.23. The summed E-state index contributed by atoms with van der Waals surface area (Å²) in [6.45, 7) is 7.63. The molecule has 1 atom stereocenters. The van der Waals surface area contributed by atoms with Crippen LogP contribution in [0.2, 0.25) is 0 Å². The lowest BCUT2D eigenvalue weighted by Crippen LogP contribution is -2.37. The van der Waals surface area contributed by atoms with Gasteiger partial charge in [-0.3, -0.25) is 4.79 Å². The van der Waals surface area contributed by atoms with Crippen LogP contribution < -0.4 is 9.64 Å². The zero-order valence-corrected chi connectivity index (χ0v) is 19.4. The van der Waals surface area contributed by atoms with E-state index in [-0.39, 0.29) is 11.9 Å². The lowest BCUT2D eigenvalue weighted by molar-refractivity contribution is -0.156. The SMILES string of the molecule is COC(=O)c1cc(OCc2ccccc2)cc(N2CCCC(CC(=O)OC(C)(C)C)C2)c1. The Labute approximate surface area is 190 Å². The highest BCUT2D eigenvalue weighted by molar-refractivity contribution is 5.91. The largest absolute Gasteiger partial charge is 0.489 e. The van der Waals surface area contributed by atoms with Crippen molar-refractivity contribution < 1.29 is 23.8 Å². The lowest BCUT2D eigenvalue weighted by atomic mass is 9.94. The molecule has 0 bridgehead atoms. The van der Waals surface area contributed by atoms with E-state index in [4.69, 9.17) is 14.2 Å². The van der Waals surface area contributed by atoms with Crippen LogP contribution in [-0.4, -0.2) is 37.7 Å². The minimum absolute atomic E-state index is 0.167. The van der Waals surface area contributed by atoms with Crippen molar-refractivity contribution in [3.63, 3.8) is 0 Å². The van der Waals surface area contributed by atoms with Gasteiger partial charge in [0, 0.05) is 24.8 Å². The average Bonchev–Trinajstić information content (AvgIpc) is 2.76. The van der Waals surface area contributed by atoms with Crippen molar-refractivity contribution in [2.45, 2.75) is 52.2 Å². The molecule has 0 aliphatic carbocycles. The molecule has 6 nitrogen and oxygen atoms in total. The standard InChI is InChI=1S/C26H33NO5/c1-26(2,3)32-24(28)13-20-11-8-12-27(17-20)22-14-21(25(29)30-4)15-23(16-22)31-18-19-9-6-5-7-10-19/h5-7,9-10,14-16,20H,8,11-13,17-18H2,1-4H3. The maximum atomic E-state index is 12.3. The normalized spacial score (nSPS) is 16.4. The molecule has 3 rings (SSSR count). The second kappa shape index (κ2) is 10.5. The Morgan fingerprint density at radius 3 is 2.53 bits per heavy atom. The van der Waals surface area contributed by atoms with Crippen molar-refractivity contribution in [3.05, 3.63) is 59.7 Å². The number of benzene rings is 2. The number of carbonyl (C=O) groups excluding carboxylic acids is 2. The topological polar surface area (TPSA) is 65.1 Å². The molecular weight excluding hydrogens is 406 g/mol. The molecule has 0 aromatic heterocycles. The number of methoxy groups -OCH3 is 1. The van der Waals surface area contributed by atoms with E-state index in [9.17, 15) is 9.59 Å². The Morgan fingerprint density at radius 1 is 1.09 bits per heavy atom. The summed E-state index contributed by atoms with van der Waals surface area (Å²) in [5.41, 5.74) is 1.91. The maximum absolute atomic E-state index is 12.3. The first-order valence-corrected chi connectivity index (χ1v) is 11.1. The van der Waals surface area contributed by atoms with E-state index in [1.165, 1.54) is 7.11 Å². The van der Waals surface area contributed by atoms with E-state index >= 15 is 0 Å². The number of esters is 2. The van der Waals surface area contributed by atoms with Gasteiger partial charge < -0.3 is 19.1 Å². The molecular formula is C26H33NO5. The van der Waals surface area contributed by atoms with Crippen molar-refractivity contribution in [2.24, 2.45) is 5.92 Å². The summed E-state index contributed by atoms with van der Waals surface area (Å²) in [5.74, 6) is 0.244. The van der Waals surface area contributed by atoms with Gasteiger partial charge in [-0.15, -0.1) is 0 Å². The number of nitrogens with zero attached hydrogens (tertiary/aromatic N) is 1. The Kier molecular flexibility index (Phi) is 7.78. The first-order valence-electron chi connectivity index (χ1n) is 11.1. The molecule has 0 N–H and O–H groups in total. The summed E-state index contributed by atoms with van der Waals surface area (Å²) >= 11 is 0. The number of carbonyl (C=O) groups is 2. The maximum Gasteiger partial charge on any atom is 0.338 e. The molecule has 1 unspecified atom stereocenters. The molecule has 0 radical (unpaired) electrons. The van der Waals surface area contributed by atoms with Crippen LogP contribution in [0, 0.1) is 5.92 Å². The first kappa shape index (κ1) is 23.6. The van der Waals surface area contributed by atoms with Gasteiger partial charge in [0.2, 0.25) is 0 Å². The Hall–Kier alpha value is -3.02. The Bertz CT molecular complexity index is 920. The van der Waals surface area contributed by atoms with Gasteiger partial charge in [0.25, 0.3) is 0 Å². The smallest absolute Gasteiger partial charge is 0.338 e. The number of ether oxygens (including phenoxy) is 3. The van der Waals surface area contributed by atoms with Crippen molar-refractivity contribution in [3.8, 4) is 5.75 Å². The van der Waals surface area contributed by atoms with Gasteiger partial charge in [0.05, 0.1) is 19.1 Å². The van der Waals surface area contributed by atoms with Gasteiger partial charge in [-0.2, -0.15) is 0 Å². The quantitative estimate of drug-likeness (QED) is 0.566. The van der Waals surface area contributed by atoms with Gasteiger partial charge >= 0.3 is 11.9 Å². The van der Waals surface area contributed by atoms with Crippen molar-refractivity contribution in [1.29, 1.82) is 0 Å². The fraction of sp³-hybridized carbons (Fsp3) is 0.462. The first-order chi connectivity index (χ1) is 15.2. The highest BCUT2D eigenvalue weighted by Gasteiger charge is 2.26.